The molecule has 6 heteroatoms. The molecule has 1 aromatic heterocycles. The van der Waals surface area contributed by atoms with Crippen molar-refractivity contribution >= 4 is 11.8 Å². The maximum absolute atomic E-state index is 12.4. The monoisotopic (exact) mass is 367 g/mol. The Morgan fingerprint density at radius 2 is 1.85 bits per heavy atom. The Hall–Kier alpha value is -2.89. The lowest BCUT2D eigenvalue weighted by Gasteiger charge is -2.32. The molecule has 0 atom stereocenters. The normalized spacial score (nSPS) is 14.6. The zero-order chi connectivity index (χ0) is 19.1. The van der Waals surface area contributed by atoms with Gasteiger partial charge in [-0.25, -0.2) is 0 Å². The van der Waals surface area contributed by atoms with E-state index >= 15 is 0 Å². The highest BCUT2D eigenvalue weighted by atomic mass is 16.5. The first-order valence-electron chi connectivity index (χ1n) is 9.36. The van der Waals surface area contributed by atoms with Gasteiger partial charge in [0.05, 0.1) is 0 Å². The maximum Gasteiger partial charge on any atom is 0.258 e. The molecule has 0 aliphatic carbocycles. The summed E-state index contributed by atoms with van der Waals surface area (Å²) in [4.78, 5) is 30.4. The van der Waals surface area contributed by atoms with E-state index in [9.17, 15) is 9.59 Å². The van der Waals surface area contributed by atoms with Gasteiger partial charge in [0.2, 0.25) is 0 Å². The number of pyridine rings is 1. The standard InChI is InChI=1S/C21H25N3O3/c1-2-16-5-3-4-6-19(16)27-15-20(25)23-18-9-13-24(14-10-18)21(26)17-7-11-22-12-8-17/h3-8,11-12,18H,2,9-10,13-15H2,1H3,(H,23,25). The summed E-state index contributed by atoms with van der Waals surface area (Å²) in [7, 11) is 0. The third kappa shape index (κ3) is 5.06. The Morgan fingerprint density at radius 3 is 2.56 bits per heavy atom. The molecule has 27 heavy (non-hydrogen) atoms. The summed E-state index contributed by atoms with van der Waals surface area (Å²) < 4.78 is 5.67. The number of carbonyl (C=O) groups excluding carboxylic acids is 2. The molecule has 0 spiro atoms. The number of ether oxygens (including phenoxy) is 1. The zero-order valence-electron chi connectivity index (χ0n) is 15.6. The lowest BCUT2D eigenvalue weighted by molar-refractivity contribution is -0.124. The van der Waals surface area contributed by atoms with E-state index in [-0.39, 0.29) is 24.5 Å². The SMILES string of the molecule is CCc1ccccc1OCC(=O)NC1CCN(C(=O)c2ccncc2)CC1. The van der Waals surface area contributed by atoms with Crippen LogP contribution < -0.4 is 10.1 Å². The van der Waals surface area contributed by atoms with Crippen LogP contribution in [-0.2, 0) is 11.2 Å². The minimum Gasteiger partial charge on any atom is -0.483 e. The fourth-order valence-corrected chi connectivity index (χ4v) is 3.25. The third-order valence-electron chi connectivity index (χ3n) is 4.79. The molecule has 0 bridgehead atoms. The van der Waals surface area contributed by atoms with Crippen LogP contribution in [0.1, 0.15) is 35.7 Å². The average Bonchev–Trinajstić information content (AvgIpc) is 2.73. The number of hydrogen-bond donors (Lipinski definition) is 1. The second kappa shape index (κ2) is 9.16. The molecule has 1 N–H and O–H groups in total. The van der Waals surface area contributed by atoms with Crippen LogP contribution in [0.2, 0.25) is 0 Å². The number of benzene rings is 1. The molecule has 6 nitrogen and oxygen atoms in total. The van der Waals surface area contributed by atoms with E-state index in [1.807, 2.05) is 29.2 Å². The second-order valence-corrected chi connectivity index (χ2v) is 6.62. The predicted octanol–water partition coefficient (Wildman–Crippen LogP) is 2.44. The smallest absolute Gasteiger partial charge is 0.258 e. The lowest BCUT2D eigenvalue weighted by Crippen LogP contribution is -2.47. The van der Waals surface area contributed by atoms with Crippen molar-refractivity contribution in [2.75, 3.05) is 19.7 Å². The van der Waals surface area contributed by atoms with Gasteiger partial charge < -0.3 is 15.0 Å². The summed E-state index contributed by atoms with van der Waals surface area (Å²) in [6.45, 7) is 3.33. The summed E-state index contributed by atoms with van der Waals surface area (Å²) in [6.07, 6.45) is 5.60. The number of rotatable bonds is 6. The van der Waals surface area contributed by atoms with Crippen molar-refractivity contribution < 1.29 is 14.3 Å². The van der Waals surface area contributed by atoms with Crippen molar-refractivity contribution in [1.29, 1.82) is 0 Å². The number of aryl methyl sites for hydroxylation is 1. The number of amides is 2. The molecular weight excluding hydrogens is 342 g/mol. The molecule has 0 radical (unpaired) electrons. The molecule has 2 heterocycles. The van der Waals surface area contributed by atoms with Gasteiger partial charge in [-0.3, -0.25) is 14.6 Å². The molecule has 0 unspecified atom stereocenters. The Balaban J connectivity index is 1.43. The van der Waals surface area contributed by atoms with Crippen LogP contribution in [0.3, 0.4) is 0 Å². The van der Waals surface area contributed by atoms with Gasteiger partial charge in [0.25, 0.3) is 11.8 Å². The topological polar surface area (TPSA) is 71.5 Å². The number of hydrogen-bond acceptors (Lipinski definition) is 4. The van der Waals surface area contributed by atoms with E-state index in [0.29, 0.717) is 18.7 Å². The van der Waals surface area contributed by atoms with Crippen LogP contribution in [0.4, 0.5) is 0 Å². The van der Waals surface area contributed by atoms with E-state index in [4.69, 9.17) is 4.74 Å². The van der Waals surface area contributed by atoms with Gasteiger partial charge in [-0.05, 0) is 43.0 Å². The summed E-state index contributed by atoms with van der Waals surface area (Å²) >= 11 is 0. The fraction of sp³-hybridized carbons (Fsp3) is 0.381. The van der Waals surface area contributed by atoms with Gasteiger partial charge >= 0.3 is 0 Å². The first-order valence-corrected chi connectivity index (χ1v) is 9.36. The van der Waals surface area contributed by atoms with Gasteiger partial charge in [-0.1, -0.05) is 25.1 Å². The van der Waals surface area contributed by atoms with Crippen LogP contribution in [0.15, 0.2) is 48.8 Å². The summed E-state index contributed by atoms with van der Waals surface area (Å²) in [5, 5.41) is 3.01. The molecule has 2 aromatic rings. The highest BCUT2D eigenvalue weighted by Crippen LogP contribution is 2.18. The first-order chi connectivity index (χ1) is 13.2. The Morgan fingerprint density at radius 1 is 1.15 bits per heavy atom. The molecular formula is C21H25N3O3. The van der Waals surface area contributed by atoms with E-state index in [0.717, 1.165) is 30.6 Å². The lowest BCUT2D eigenvalue weighted by atomic mass is 10.0. The van der Waals surface area contributed by atoms with Crippen molar-refractivity contribution in [3.05, 3.63) is 59.9 Å². The number of nitrogens with one attached hydrogen (secondary N) is 1. The van der Waals surface area contributed by atoms with Crippen LogP contribution in [0.25, 0.3) is 0 Å². The van der Waals surface area contributed by atoms with Crippen LogP contribution in [0.5, 0.6) is 5.75 Å². The molecule has 1 aliphatic heterocycles. The van der Waals surface area contributed by atoms with E-state index < -0.39 is 0 Å². The Labute approximate surface area is 159 Å². The predicted molar refractivity (Wildman–Crippen MR) is 103 cm³/mol. The minimum atomic E-state index is -0.125. The van der Waals surface area contributed by atoms with Crippen molar-refractivity contribution in [1.82, 2.24) is 15.2 Å². The van der Waals surface area contributed by atoms with Crippen molar-refractivity contribution in [3.63, 3.8) is 0 Å². The molecule has 1 aromatic carbocycles. The third-order valence-corrected chi connectivity index (χ3v) is 4.79. The van der Waals surface area contributed by atoms with Gasteiger partial charge in [-0.15, -0.1) is 0 Å². The number of aromatic nitrogens is 1. The molecule has 3 rings (SSSR count). The highest BCUT2D eigenvalue weighted by Gasteiger charge is 2.24. The van der Waals surface area contributed by atoms with Gasteiger partial charge in [0.1, 0.15) is 5.75 Å². The Kier molecular flexibility index (Phi) is 6.41. The summed E-state index contributed by atoms with van der Waals surface area (Å²) in [5.74, 6) is 0.648. The van der Waals surface area contributed by atoms with Crippen LogP contribution in [-0.4, -0.2) is 47.4 Å². The average molecular weight is 367 g/mol. The number of likely N-dealkylation sites (tertiary alicyclic amines) is 1. The van der Waals surface area contributed by atoms with Gasteiger partial charge in [0, 0.05) is 37.1 Å². The second-order valence-electron chi connectivity index (χ2n) is 6.62. The van der Waals surface area contributed by atoms with E-state index in [1.165, 1.54) is 0 Å². The molecule has 1 saturated heterocycles. The van der Waals surface area contributed by atoms with Gasteiger partial charge in [0.15, 0.2) is 6.61 Å². The molecule has 0 saturated carbocycles. The number of carbonyl (C=O) groups is 2. The summed E-state index contributed by atoms with van der Waals surface area (Å²) in [6, 6.07) is 11.3. The molecule has 2 amide bonds. The molecule has 142 valence electrons. The van der Waals surface area contributed by atoms with Gasteiger partial charge in [-0.2, -0.15) is 0 Å². The number of para-hydroxylation sites is 1. The number of piperidine rings is 1. The van der Waals surface area contributed by atoms with Crippen molar-refractivity contribution in [3.8, 4) is 5.75 Å². The van der Waals surface area contributed by atoms with E-state index in [1.54, 1.807) is 24.5 Å². The van der Waals surface area contributed by atoms with Crippen LogP contribution in [0, 0.1) is 0 Å². The van der Waals surface area contributed by atoms with Crippen molar-refractivity contribution in [2.24, 2.45) is 0 Å². The fourth-order valence-electron chi connectivity index (χ4n) is 3.25. The van der Waals surface area contributed by atoms with E-state index in [2.05, 4.69) is 17.2 Å². The highest BCUT2D eigenvalue weighted by molar-refractivity contribution is 5.94. The quantitative estimate of drug-likeness (QED) is 0.851. The minimum absolute atomic E-state index is 0.00712. The maximum atomic E-state index is 12.4. The zero-order valence-corrected chi connectivity index (χ0v) is 15.6. The summed E-state index contributed by atoms with van der Waals surface area (Å²) in [5.41, 5.74) is 1.74. The van der Waals surface area contributed by atoms with Crippen LogP contribution >= 0.6 is 0 Å². The largest absolute Gasteiger partial charge is 0.483 e. The van der Waals surface area contributed by atoms with Crippen molar-refractivity contribution in [2.45, 2.75) is 32.2 Å². The number of nitrogens with zero attached hydrogens (tertiary/aromatic N) is 2. The molecule has 1 aliphatic rings. The first kappa shape index (κ1) is 18.9. The molecule has 1 fully saturated rings. The Bertz CT molecular complexity index is 771.